The summed E-state index contributed by atoms with van der Waals surface area (Å²) in [6.45, 7) is 4.97. The fourth-order valence-electron chi connectivity index (χ4n) is 3.79. The van der Waals surface area contributed by atoms with Crippen LogP contribution in [-0.4, -0.2) is 91.3 Å². The first-order valence-electron chi connectivity index (χ1n) is 11.8. The van der Waals surface area contributed by atoms with Gasteiger partial charge in [0.25, 0.3) is 5.91 Å². The van der Waals surface area contributed by atoms with Crippen LogP contribution >= 0.6 is 0 Å². The van der Waals surface area contributed by atoms with Gasteiger partial charge in [-0.15, -0.1) is 0 Å². The van der Waals surface area contributed by atoms with Crippen molar-refractivity contribution in [1.82, 2.24) is 25.4 Å². The first-order chi connectivity index (χ1) is 16.5. The highest BCUT2D eigenvalue weighted by atomic mass is 19.1. The highest BCUT2D eigenvalue weighted by Gasteiger charge is 2.23. The zero-order valence-electron chi connectivity index (χ0n) is 19.7. The van der Waals surface area contributed by atoms with Gasteiger partial charge < -0.3 is 31.5 Å². The SMILES string of the molecule is CN=C(/C=C\N(C=O)CCCCN1CCC(N)CC1)Nc1nccc(C(=O)NC2CNC2)c1F. The number of nitrogens with zero attached hydrogens (tertiary/aromatic N) is 4. The number of piperidine rings is 1. The molecule has 2 saturated heterocycles. The molecule has 0 atom stereocenters. The molecule has 0 radical (unpaired) electrons. The summed E-state index contributed by atoms with van der Waals surface area (Å²) >= 11 is 0. The first-order valence-corrected chi connectivity index (χ1v) is 11.8. The van der Waals surface area contributed by atoms with Crippen molar-refractivity contribution >= 4 is 24.0 Å². The minimum absolute atomic E-state index is 0.000325. The Bertz CT molecular complexity index is 882. The van der Waals surface area contributed by atoms with Gasteiger partial charge in [0, 0.05) is 45.1 Å². The maximum absolute atomic E-state index is 14.9. The van der Waals surface area contributed by atoms with Gasteiger partial charge in [-0.3, -0.25) is 14.6 Å². The number of amides is 2. The monoisotopic (exact) mass is 474 g/mol. The Kier molecular flexibility index (Phi) is 9.92. The van der Waals surface area contributed by atoms with Crippen LogP contribution in [0.25, 0.3) is 0 Å². The summed E-state index contributed by atoms with van der Waals surface area (Å²) in [4.78, 5) is 35.8. The highest BCUT2D eigenvalue weighted by molar-refractivity contribution is 6.04. The second-order valence-electron chi connectivity index (χ2n) is 8.63. The molecule has 0 spiro atoms. The van der Waals surface area contributed by atoms with Gasteiger partial charge >= 0.3 is 0 Å². The lowest BCUT2D eigenvalue weighted by Crippen LogP contribution is -2.57. The van der Waals surface area contributed by atoms with E-state index in [9.17, 15) is 14.0 Å². The number of aliphatic imine (C=N–C) groups is 1. The molecule has 3 rings (SSSR count). The zero-order valence-corrected chi connectivity index (χ0v) is 19.7. The van der Waals surface area contributed by atoms with Crippen LogP contribution in [0.3, 0.4) is 0 Å². The molecule has 1 aromatic rings. The van der Waals surface area contributed by atoms with Crippen molar-refractivity contribution in [2.45, 2.75) is 37.8 Å². The number of aromatic nitrogens is 1. The Hall–Kier alpha value is -2.89. The average Bonchev–Trinajstić information content (AvgIpc) is 2.82. The van der Waals surface area contributed by atoms with Crippen molar-refractivity contribution < 1.29 is 14.0 Å². The maximum Gasteiger partial charge on any atom is 0.254 e. The number of hydrogen-bond donors (Lipinski definition) is 4. The van der Waals surface area contributed by atoms with Gasteiger partial charge in [0.15, 0.2) is 11.6 Å². The van der Waals surface area contributed by atoms with Gasteiger partial charge in [-0.2, -0.15) is 0 Å². The second-order valence-corrected chi connectivity index (χ2v) is 8.63. The van der Waals surface area contributed by atoms with E-state index < -0.39 is 11.7 Å². The summed E-state index contributed by atoms with van der Waals surface area (Å²) in [5, 5.41) is 8.61. The number of rotatable bonds is 11. The molecule has 2 fully saturated rings. The van der Waals surface area contributed by atoms with Gasteiger partial charge in [-0.05, 0) is 57.5 Å². The van der Waals surface area contributed by atoms with Gasteiger partial charge in [0.05, 0.1) is 11.6 Å². The van der Waals surface area contributed by atoms with Gasteiger partial charge in [0.2, 0.25) is 6.41 Å². The molecule has 0 aliphatic carbocycles. The third-order valence-corrected chi connectivity index (χ3v) is 6.07. The van der Waals surface area contributed by atoms with E-state index in [-0.39, 0.29) is 17.4 Å². The summed E-state index contributed by atoms with van der Waals surface area (Å²) in [5.74, 6) is -1.04. The normalized spacial score (nSPS) is 18.0. The summed E-state index contributed by atoms with van der Waals surface area (Å²) in [6.07, 6.45) is 9.22. The number of amidine groups is 1. The quantitative estimate of drug-likeness (QED) is 0.159. The van der Waals surface area contributed by atoms with Crippen LogP contribution in [0, 0.1) is 5.82 Å². The van der Waals surface area contributed by atoms with Crippen LogP contribution in [0.4, 0.5) is 10.2 Å². The van der Waals surface area contributed by atoms with E-state index in [1.165, 1.54) is 17.2 Å². The van der Waals surface area contributed by atoms with Crippen LogP contribution in [0.2, 0.25) is 0 Å². The summed E-state index contributed by atoms with van der Waals surface area (Å²) < 4.78 is 14.9. The molecule has 0 unspecified atom stereocenters. The van der Waals surface area contributed by atoms with Crippen molar-refractivity contribution in [1.29, 1.82) is 0 Å². The second kappa shape index (κ2) is 13.1. The molecular weight excluding hydrogens is 439 g/mol. The van der Waals surface area contributed by atoms with Crippen LogP contribution in [0.1, 0.15) is 36.0 Å². The van der Waals surface area contributed by atoms with E-state index in [0.29, 0.717) is 31.5 Å². The average molecular weight is 475 g/mol. The number of unbranched alkanes of at least 4 members (excludes halogenated alkanes) is 1. The van der Waals surface area contributed by atoms with Gasteiger partial charge in [0.1, 0.15) is 5.84 Å². The fourth-order valence-corrected chi connectivity index (χ4v) is 3.79. The number of pyridine rings is 1. The minimum atomic E-state index is -0.757. The summed E-state index contributed by atoms with van der Waals surface area (Å²) in [6, 6.07) is 1.66. The molecule has 0 aromatic carbocycles. The third kappa shape index (κ3) is 7.57. The number of anilines is 1. The molecule has 2 aliphatic rings. The van der Waals surface area contributed by atoms with Crippen LogP contribution < -0.4 is 21.7 Å². The van der Waals surface area contributed by atoms with E-state index in [1.54, 1.807) is 19.3 Å². The largest absolute Gasteiger partial charge is 0.347 e. The van der Waals surface area contributed by atoms with Crippen molar-refractivity contribution in [3.05, 3.63) is 35.9 Å². The van der Waals surface area contributed by atoms with Gasteiger partial charge in [-0.25, -0.2) is 9.37 Å². The Morgan fingerprint density at radius 3 is 2.79 bits per heavy atom. The standard InChI is InChI=1S/C23H35FN8O2/c1-26-20(7-13-32(16-33)10-3-2-9-31-11-5-17(25)6-12-31)30-22-21(24)19(4-8-28-22)23(34)29-18-14-27-15-18/h4,7-8,13,16-18,27H,2-3,5-6,9-12,14-15,25H2,1H3,(H,29,34)(H,26,28,30)/b13-7-. The number of nitrogens with one attached hydrogen (secondary N) is 3. The molecule has 0 saturated carbocycles. The molecule has 2 amide bonds. The molecule has 1 aromatic heterocycles. The van der Waals surface area contributed by atoms with E-state index in [4.69, 9.17) is 5.73 Å². The topological polar surface area (TPSA) is 128 Å². The first kappa shape index (κ1) is 25.7. The summed E-state index contributed by atoms with van der Waals surface area (Å²) in [5.41, 5.74) is 5.85. The molecule has 34 heavy (non-hydrogen) atoms. The molecule has 5 N–H and O–H groups in total. The zero-order chi connectivity index (χ0) is 24.3. The third-order valence-electron chi connectivity index (χ3n) is 6.07. The van der Waals surface area contributed by atoms with Crippen molar-refractivity contribution in [3.8, 4) is 0 Å². The Morgan fingerprint density at radius 1 is 1.38 bits per heavy atom. The van der Waals surface area contributed by atoms with Crippen molar-refractivity contribution in [2.24, 2.45) is 10.7 Å². The predicted octanol–water partition coefficient (Wildman–Crippen LogP) is 0.538. The lowest BCUT2D eigenvalue weighted by Gasteiger charge is -2.30. The van der Waals surface area contributed by atoms with Gasteiger partial charge in [-0.1, -0.05) is 0 Å². The fraction of sp³-hybridized carbons (Fsp3) is 0.565. The Labute approximate surface area is 199 Å². The van der Waals surface area contributed by atoms with E-state index in [0.717, 1.165) is 51.7 Å². The van der Waals surface area contributed by atoms with Crippen molar-refractivity contribution in [3.63, 3.8) is 0 Å². The van der Waals surface area contributed by atoms with E-state index >= 15 is 0 Å². The van der Waals surface area contributed by atoms with Crippen LogP contribution in [-0.2, 0) is 4.79 Å². The number of hydrogen-bond acceptors (Lipinski definition) is 7. The Balaban J connectivity index is 1.48. The molecule has 3 heterocycles. The van der Waals surface area contributed by atoms with E-state index in [2.05, 4.69) is 30.8 Å². The van der Waals surface area contributed by atoms with E-state index in [1.807, 2.05) is 0 Å². The smallest absolute Gasteiger partial charge is 0.254 e. The molecule has 2 aliphatic heterocycles. The van der Waals surface area contributed by atoms with Crippen molar-refractivity contribution in [2.75, 3.05) is 51.6 Å². The molecular formula is C23H35FN8O2. The number of carbonyl (C=O) groups excluding carboxylic acids is 2. The minimum Gasteiger partial charge on any atom is -0.347 e. The van der Waals surface area contributed by atoms with Crippen LogP contribution in [0.15, 0.2) is 29.5 Å². The molecule has 11 heteroatoms. The molecule has 10 nitrogen and oxygen atoms in total. The highest BCUT2D eigenvalue weighted by Crippen LogP contribution is 2.16. The maximum atomic E-state index is 14.9. The number of nitrogens with two attached hydrogens (primary N) is 1. The van der Waals surface area contributed by atoms with Crippen LogP contribution in [0.5, 0.6) is 0 Å². The molecule has 186 valence electrons. The lowest BCUT2D eigenvalue weighted by molar-refractivity contribution is -0.116. The number of halogens is 1. The Morgan fingerprint density at radius 2 is 2.15 bits per heavy atom. The predicted molar refractivity (Wildman–Crippen MR) is 130 cm³/mol. The number of likely N-dealkylation sites (tertiary alicyclic amines) is 1. The lowest BCUT2D eigenvalue weighted by atomic mass is 10.1. The number of carbonyl (C=O) groups is 2. The molecule has 0 bridgehead atoms. The summed E-state index contributed by atoms with van der Waals surface area (Å²) in [7, 11) is 1.54.